The Morgan fingerprint density at radius 2 is 1.75 bits per heavy atom. The fraction of sp³-hybridized carbons (Fsp3) is 0.571. The van der Waals surface area contributed by atoms with Crippen LogP contribution < -0.4 is 0 Å². The minimum absolute atomic E-state index is 0.0305. The minimum atomic E-state index is -0.195. The normalized spacial score (nSPS) is 13.8. The molecular weight excluding hydrogens is 200 g/mol. The molecule has 0 radical (unpaired) electrons. The van der Waals surface area contributed by atoms with E-state index in [-0.39, 0.29) is 18.1 Å². The molecule has 1 aromatic rings. The van der Waals surface area contributed by atoms with Gasteiger partial charge in [-0.3, -0.25) is 0 Å². The molecule has 1 N–H and O–H groups in total. The monoisotopic (exact) mass is 222 g/mol. The maximum Gasteiger partial charge on any atom is 0.105 e. The topological polar surface area (TPSA) is 29.5 Å². The van der Waals surface area contributed by atoms with Gasteiger partial charge in [0.15, 0.2) is 0 Å². The molecule has 90 valence electrons. The molecule has 0 aliphatic carbocycles. The van der Waals surface area contributed by atoms with Gasteiger partial charge in [-0.15, -0.1) is 0 Å². The van der Waals surface area contributed by atoms with E-state index in [2.05, 4.69) is 32.9 Å². The summed E-state index contributed by atoms with van der Waals surface area (Å²) >= 11 is 0. The van der Waals surface area contributed by atoms with Crippen molar-refractivity contribution in [1.29, 1.82) is 0 Å². The molecule has 2 nitrogen and oxygen atoms in total. The first-order valence-electron chi connectivity index (χ1n) is 5.82. The van der Waals surface area contributed by atoms with Crippen molar-refractivity contribution in [3.05, 3.63) is 35.4 Å². The molecule has 0 heterocycles. The first-order chi connectivity index (χ1) is 7.49. The number of aliphatic hydroxyl groups is 1. The molecular formula is C14H22O2. The summed E-state index contributed by atoms with van der Waals surface area (Å²) < 4.78 is 5.45. The van der Waals surface area contributed by atoms with Crippen LogP contribution in [0.2, 0.25) is 0 Å². The molecule has 0 amide bonds. The van der Waals surface area contributed by atoms with Crippen LogP contribution in [0.5, 0.6) is 0 Å². The molecule has 0 saturated carbocycles. The highest BCUT2D eigenvalue weighted by Crippen LogP contribution is 2.24. The van der Waals surface area contributed by atoms with Crippen molar-refractivity contribution in [2.45, 2.75) is 39.2 Å². The van der Waals surface area contributed by atoms with Crippen LogP contribution in [0.3, 0.4) is 0 Å². The molecule has 16 heavy (non-hydrogen) atoms. The van der Waals surface area contributed by atoms with E-state index >= 15 is 0 Å². The summed E-state index contributed by atoms with van der Waals surface area (Å²) in [5.41, 5.74) is 2.50. The maximum atomic E-state index is 9.21. The van der Waals surface area contributed by atoms with Crippen molar-refractivity contribution in [3.8, 4) is 0 Å². The average molecular weight is 222 g/mol. The van der Waals surface area contributed by atoms with Crippen LogP contribution in [0, 0.1) is 0 Å². The van der Waals surface area contributed by atoms with Crippen molar-refractivity contribution >= 4 is 0 Å². The predicted molar refractivity (Wildman–Crippen MR) is 66.6 cm³/mol. The molecule has 0 saturated heterocycles. The third-order valence-corrected chi connectivity index (χ3v) is 2.68. The first-order valence-corrected chi connectivity index (χ1v) is 5.82. The largest absolute Gasteiger partial charge is 0.393 e. The Morgan fingerprint density at radius 1 is 1.19 bits per heavy atom. The lowest BCUT2D eigenvalue weighted by atomic mass is 9.86. The fourth-order valence-electron chi connectivity index (χ4n) is 1.65. The standard InChI is InChI=1S/C14H22O2/c1-5-16-13(10-15)11-6-8-12(9-7-11)14(2,3)4/h6-9,13,15H,5,10H2,1-4H3. The van der Waals surface area contributed by atoms with Crippen molar-refractivity contribution in [3.63, 3.8) is 0 Å². The van der Waals surface area contributed by atoms with Crippen LogP contribution in [0.1, 0.15) is 44.9 Å². The summed E-state index contributed by atoms with van der Waals surface area (Å²) in [6.45, 7) is 9.15. The number of hydrogen-bond acceptors (Lipinski definition) is 2. The van der Waals surface area contributed by atoms with Crippen LogP contribution >= 0.6 is 0 Å². The highest BCUT2D eigenvalue weighted by molar-refractivity contribution is 5.28. The van der Waals surface area contributed by atoms with Gasteiger partial charge in [-0.2, -0.15) is 0 Å². The summed E-state index contributed by atoms with van der Waals surface area (Å²) in [5.74, 6) is 0. The second-order valence-corrected chi connectivity index (χ2v) is 5.00. The highest BCUT2D eigenvalue weighted by Gasteiger charge is 2.15. The Hall–Kier alpha value is -0.860. The van der Waals surface area contributed by atoms with Crippen LogP contribution in [-0.4, -0.2) is 18.3 Å². The molecule has 0 aliphatic rings. The van der Waals surface area contributed by atoms with Gasteiger partial charge in [0.05, 0.1) is 6.61 Å². The maximum absolute atomic E-state index is 9.21. The molecule has 1 unspecified atom stereocenters. The van der Waals surface area contributed by atoms with Crippen LogP contribution in [0.25, 0.3) is 0 Å². The Balaban J connectivity index is 2.85. The van der Waals surface area contributed by atoms with Crippen LogP contribution in [0.15, 0.2) is 24.3 Å². The third-order valence-electron chi connectivity index (χ3n) is 2.68. The van der Waals surface area contributed by atoms with E-state index in [0.29, 0.717) is 6.61 Å². The molecule has 1 rings (SSSR count). The molecule has 0 spiro atoms. The van der Waals surface area contributed by atoms with E-state index in [9.17, 15) is 5.11 Å². The zero-order valence-corrected chi connectivity index (χ0v) is 10.7. The number of rotatable bonds is 4. The number of hydrogen-bond donors (Lipinski definition) is 1. The van der Waals surface area contributed by atoms with Crippen LogP contribution in [-0.2, 0) is 10.2 Å². The van der Waals surface area contributed by atoms with Gasteiger partial charge < -0.3 is 9.84 Å². The smallest absolute Gasteiger partial charge is 0.105 e. The summed E-state index contributed by atoms with van der Waals surface area (Å²) in [4.78, 5) is 0. The van der Waals surface area contributed by atoms with E-state index in [4.69, 9.17) is 4.74 Å². The van der Waals surface area contributed by atoms with Crippen molar-refractivity contribution < 1.29 is 9.84 Å². The molecule has 0 fully saturated rings. The fourth-order valence-corrected chi connectivity index (χ4v) is 1.65. The Morgan fingerprint density at radius 3 is 2.12 bits per heavy atom. The second kappa shape index (κ2) is 5.46. The molecule has 2 heteroatoms. The summed E-state index contributed by atoms with van der Waals surface area (Å²) in [6.07, 6.45) is -0.195. The van der Waals surface area contributed by atoms with Gasteiger partial charge in [-0.05, 0) is 23.5 Å². The minimum Gasteiger partial charge on any atom is -0.393 e. The Kier molecular flexibility index (Phi) is 4.51. The van der Waals surface area contributed by atoms with E-state index < -0.39 is 0 Å². The quantitative estimate of drug-likeness (QED) is 0.848. The zero-order valence-electron chi connectivity index (χ0n) is 10.7. The van der Waals surface area contributed by atoms with Gasteiger partial charge in [-0.25, -0.2) is 0 Å². The molecule has 1 atom stereocenters. The SMILES string of the molecule is CCOC(CO)c1ccc(C(C)(C)C)cc1. The zero-order chi connectivity index (χ0) is 12.2. The number of aliphatic hydroxyl groups excluding tert-OH is 1. The van der Waals surface area contributed by atoms with Gasteiger partial charge in [0.25, 0.3) is 0 Å². The molecule has 0 bridgehead atoms. The van der Waals surface area contributed by atoms with E-state index in [1.807, 2.05) is 19.1 Å². The molecule has 0 aliphatic heterocycles. The third kappa shape index (κ3) is 3.32. The van der Waals surface area contributed by atoms with Gasteiger partial charge >= 0.3 is 0 Å². The van der Waals surface area contributed by atoms with Crippen molar-refractivity contribution in [2.75, 3.05) is 13.2 Å². The van der Waals surface area contributed by atoms with Gasteiger partial charge in [-0.1, -0.05) is 45.0 Å². The van der Waals surface area contributed by atoms with Crippen molar-refractivity contribution in [1.82, 2.24) is 0 Å². The summed E-state index contributed by atoms with van der Waals surface area (Å²) in [7, 11) is 0. The lowest BCUT2D eigenvalue weighted by Gasteiger charge is -2.20. The lowest BCUT2D eigenvalue weighted by Crippen LogP contribution is -2.12. The summed E-state index contributed by atoms with van der Waals surface area (Å²) in [5, 5.41) is 9.21. The van der Waals surface area contributed by atoms with E-state index in [0.717, 1.165) is 5.56 Å². The molecule has 1 aromatic carbocycles. The van der Waals surface area contributed by atoms with E-state index in [1.54, 1.807) is 0 Å². The van der Waals surface area contributed by atoms with Gasteiger partial charge in [0, 0.05) is 6.61 Å². The average Bonchev–Trinajstić information content (AvgIpc) is 2.25. The second-order valence-electron chi connectivity index (χ2n) is 5.00. The van der Waals surface area contributed by atoms with Crippen molar-refractivity contribution in [2.24, 2.45) is 0 Å². The first kappa shape index (κ1) is 13.2. The van der Waals surface area contributed by atoms with E-state index in [1.165, 1.54) is 5.56 Å². The Labute approximate surface area is 98.3 Å². The van der Waals surface area contributed by atoms with Gasteiger partial charge in [0.2, 0.25) is 0 Å². The number of benzene rings is 1. The Bertz CT molecular complexity index is 309. The summed E-state index contributed by atoms with van der Waals surface area (Å²) in [6, 6.07) is 8.29. The molecule has 0 aromatic heterocycles. The van der Waals surface area contributed by atoms with Crippen LogP contribution in [0.4, 0.5) is 0 Å². The number of ether oxygens (including phenoxy) is 1. The predicted octanol–water partition coefficient (Wildman–Crippen LogP) is 3.05. The van der Waals surface area contributed by atoms with Gasteiger partial charge in [0.1, 0.15) is 6.10 Å². The lowest BCUT2D eigenvalue weighted by molar-refractivity contribution is 0.0189. The highest BCUT2D eigenvalue weighted by atomic mass is 16.5.